The van der Waals surface area contributed by atoms with Crippen LogP contribution in [0, 0.1) is 5.75 Å². The lowest BCUT2D eigenvalue weighted by Crippen LogP contribution is -2.00. The molecule has 1 radical (unpaired) electrons. The molecule has 5 heteroatoms. The molecule has 0 saturated heterocycles. The monoisotopic (exact) mass is 247 g/mol. The summed E-state index contributed by atoms with van der Waals surface area (Å²) in [6, 6.07) is 5.31. The van der Waals surface area contributed by atoms with Crippen molar-refractivity contribution in [1.29, 1.82) is 0 Å². The zero-order valence-electron chi connectivity index (χ0n) is 9.24. The third kappa shape index (κ3) is 3.10. The van der Waals surface area contributed by atoms with Gasteiger partial charge in [0.2, 0.25) is 0 Å². The SMILES string of the molecule is CS(=O)(=O)[CH]c1ccncc1-c1ccncc1. The van der Waals surface area contributed by atoms with Crippen molar-refractivity contribution in [3.05, 3.63) is 54.3 Å². The lowest BCUT2D eigenvalue weighted by atomic mass is 10.0. The summed E-state index contributed by atoms with van der Waals surface area (Å²) in [5.41, 5.74) is 2.30. The minimum Gasteiger partial charge on any atom is -0.265 e. The molecular formula is C12H11N2O2S. The topological polar surface area (TPSA) is 59.9 Å². The molecule has 0 unspecified atom stereocenters. The first kappa shape index (κ1) is 11.7. The van der Waals surface area contributed by atoms with Gasteiger partial charge >= 0.3 is 0 Å². The summed E-state index contributed by atoms with van der Waals surface area (Å²) < 4.78 is 22.6. The van der Waals surface area contributed by atoms with E-state index in [0.29, 0.717) is 5.56 Å². The lowest BCUT2D eigenvalue weighted by Gasteiger charge is -2.07. The first-order valence-corrected chi connectivity index (χ1v) is 6.91. The number of hydrogen-bond donors (Lipinski definition) is 0. The van der Waals surface area contributed by atoms with E-state index in [0.717, 1.165) is 11.1 Å². The average Bonchev–Trinajstić information content (AvgIpc) is 2.29. The molecule has 0 atom stereocenters. The molecule has 0 bridgehead atoms. The maximum atomic E-state index is 11.3. The number of sulfone groups is 1. The lowest BCUT2D eigenvalue weighted by molar-refractivity contribution is 0.608. The summed E-state index contributed by atoms with van der Waals surface area (Å²) in [5.74, 6) is 1.24. The Balaban J connectivity index is 2.49. The van der Waals surface area contributed by atoms with E-state index in [-0.39, 0.29) is 0 Å². The van der Waals surface area contributed by atoms with E-state index in [4.69, 9.17) is 0 Å². The van der Waals surface area contributed by atoms with Crippen LogP contribution < -0.4 is 0 Å². The van der Waals surface area contributed by atoms with Crippen molar-refractivity contribution in [2.75, 3.05) is 6.26 Å². The summed E-state index contributed by atoms with van der Waals surface area (Å²) in [6.07, 6.45) is 7.71. The summed E-state index contributed by atoms with van der Waals surface area (Å²) in [4.78, 5) is 7.94. The van der Waals surface area contributed by atoms with Crippen molar-refractivity contribution >= 4 is 9.84 Å². The van der Waals surface area contributed by atoms with E-state index in [1.165, 1.54) is 12.0 Å². The second-order valence-corrected chi connectivity index (χ2v) is 5.54. The largest absolute Gasteiger partial charge is 0.265 e. The van der Waals surface area contributed by atoms with Crippen molar-refractivity contribution in [3.8, 4) is 11.1 Å². The minimum absolute atomic E-state index is 0.633. The molecule has 2 rings (SSSR count). The van der Waals surface area contributed by atoms with Gasteiger partial charge in [0.05, 0.1) is 0 Å². The highest BCUT2D eigenvalue weighted by atomic mass is 32.2. The van der Waals surface area contributed by atoms with Gasteiger partial charge < -0.3 is 0 Å². The predicted octanol–water partition coefficient (Wildman–Crippen LogP) is 1.70. The van der Waals surface area contributed by atoms with Crippen LogP contribution >= 0.6 is 0 Å². The first-order chi connectivity index (χ1) is 8.06. The van der Waals surface area contributed by atoms with Gasteiger partial charge in [-0.25, -0.2) is 8.42 Å². The molecule has 0 aliphatic carbocycles. The van der Waals surface area contributed by atoms with Crippen LogP contribution in [0.3, 0.4) is 0 Å². The van der Waals surface area contributed by atoms with Crippen LogP contribution in [-0.2, 0) is 9.84 Å². The van der Waals surface area contributed by atoms with Gasteiger partial charge in [0.15, 0.2) is 9.84 Å². The quantitative estimate of drug-likeness (QED) is 0.828. The Morgan fingerprint density at radius 1 is 1.06 bits per heavy atom. The summed E-state index contributed by atoms with van der Waals surface area (Å²) in [7, 11) is -3.18. The molecule has 0 fully saturated rings. The maximum absolute atomic E-state index is 11.3. The molecule has 0 amide bonds. The Labute approximate surface area is 100 Å². The fourth-order valence-electron chi connectivity index (χ4n) is 1.51. The van der Waals surface area contributed by atoms with Crippen LogP contribution in [-0.4, -0.2) is 24.6 Å². The van der Waals surface area contributed by atoms with Crippen molar-refractivity contribution in [3.63, 3.8) is 0 Å². The Bertz CT molecular complexity index is 609. The average molecular weight is 247 g/mol. The molecule has 0 N–H and O–H groups in total. The van der Waals surface area contributed by atoms with Crippen LogP contribution in [0.2, 0.25) is 0 Å². The number of pyridine rings is 2. The van der Waals surface area contributed by atoms with Crippen LogP contribution in [0.4, 0.5) is 0 Å². The third-order valence-electron chi connectivity index (χ3n) is 2.19. The highest BCUT2D eigenvalue weighted by molar-refractivity contribution is 7.92. The van der Waals surface area contributed by atoms with Crippen molar-refractivity contribution in [2.24, 2.45) is 0 Å². The second kappa shape index (κ2) is 4.63. The number of aromatic nitrogens is 2. The Morgan fingerprint density at radius 2 is 1.71 bits per heavy atom. The van der Waals surface area contributed by atoms with Gasteiger partial charge in [-0.05, 0) is 29.3 Å². The van der Waals surface area contributed by atoms with Gasteiger partial charge in [-0.1, -0.05) is 0 Å². The van der Waals surface area contributed by atoms with E-state index in [9.17, 15) is 8.42 Å². The predicted molar refractivity (Wildman–Crippen MR) is 65.7 cm³/mol. The van der Waals surface area contributed by atoms with Gasteiger partial charge in [-0.15, -0.1) is 0 Å². The van der Waals surface area contributed by atoms with Gasteiger partial charge in [-0.2, -0.15) is 0 Å². The summed E-state index contributed by atoms with van der Waals surface area (Å²) in [5, 5.41) is 0. The van der Waals surface area contributed by atoms with E-state index >= 15 is 0 Å². The highest BCUT2D eigenvalue weighted by Crippen LogP contribution is 2.24. The fraction of sp³-hybridized carbons (Fsp3) is 0.0833. The molecule has 0 spiro atoms. The molecule has 0 aliphatic heterocycles. The normalized spacial score (nSPS) is 11.4. The smallest absolute Gasteiger partial charge is 0.156 e. The molecular weight excluding hydrogens is 236 g/mol. The molecule has 2 heterocycles. The zero-order chi connectivity index (χ0) is 12.3. The zero-order valence-corrected chi connectivity index (χ0v) is 10.1. The molecule has 0 saturated carbocycles. The molecule has 0 aliphatic rings. The van der Waals surface area contributed by atoms with Gasteiger partial charge in [-0.3, -0.25) is 9.97 Å². The van der Waals surface area contributed by atoms with E-state index < -0.39 is 9.84 Å². The molecule has 17 heavy (non-hydrogen) atoms. The summed E-state index contributed by atoms with van der Waals surface area (Å²) >= 11 is 0. The number of rotatable bonds is 3. The molecule has 4 nitrogen and oxygen atoms in total. The number of nitrogens with zero attached hydrogens (tertiary/aromatic N) is 2. The van der Waals surface area contributed by atoms with Crippen molar-refractivity contribution in [2.45, 2.75) is 0 Å². The molecule has 0 aromatic carbocycles. The van der Waals surface area contributed by atoms with E-state index in [2.05, 4.69) is 9.97 Å². The molecule has 2 aromatic rings. The van der Waals surface area contributed by atoms with Crippen molar-refractivity contribution in [1.82, 2.24) is 9.97 Å². The Morgan fingerprint density at radius 3 is 2.35 bits per heavy atom. The van der Waals surface area contributed by atoms with Gasteiger partial charge in [0.25, 0.3) is 0 Å². The Kier molecular flexibility index (Phi) is 3.19. The summed E-state index contributed by atoms with van der Waals surface area (Å²) in [6.45, 7) is 0. The first-order valence-electron chi connectivity index (χ1n) is 4.95. The van der Waals surface area contributed by atoms with Crippen molar-refractivity contribution < 1.29 is 8.42 Å². The fourth-order valence-corrected chi connectivity index (χ4v) is 2.18. The van der Waals surface area contributed by atoms with Crippen LogP contribution in [0.25, 0.3) is 11.1 Å². The third-order valence-corrected chi connectivity index (χ3v) is 2.87. The Hall–Kier alpha value is -1.75. The maximum Gasteiger partial charge on any atom is 0.156 e. The minimum atomic E-state index is -3.18. The second-order valence-electron chi connectivity index (χ2n) is 3.65. The standard InChI is InChI=1S/C12H11N2O2S/c1-17(15,16)9-11-4-7-14-8-12(11)10-2-5-13-6-3-10/h2-9H,1H3. The molecule has 2 aromatic heterocycles. The van der Waals surface area contributed by atoms with E-state index in [1.807, 2.05) is 12.1 Å². The van der Waals surface area contributed by atoms with Crippen LogP contribution in [0.5, 0.6) is 0 Å². The molecule has 87 valence electrons. The highest BCUT2D eigenvalue weighted by Gasteiger charge is 2.11. The van der Waals surface area contributed by atoms with Gasteiger partial charge in [0, 0.05) is 36.6 Å². The number of hydrogen-bond acceptors (Lipinski definition) is 4. The van der Waals surface area contributed by atoms with Crippen LogP contribution in [0.1, 0.15) is 5.56 Å². The van der Waals surface area contributed by atoms with Gasteiger partial charge in [0.1, 0.15) is 5.75 Å². The van der Waals surface area contributed by atoms with E-state index in [1.54, 1.807) is 30.9 Å². The van der Waals surface area contributed by atoms with Crippen LogP contribution in [0.15, 0.2) is 43.0 Å².